The van der Waals surface area contributed by atoms with Gasteiger partial charge in [-0.3, -0.25) is 9.10 Å². The zero-order valence-corrected chi connectivity index (χ0v) is 17.3. The van der Waals surface area contributed by atoms with Crippen molar-refractivity contribution in [3.63, 3.8) is 0 Å². The molecule has 1 aliphatic heterocycles. The third kappa shape index (κ3) is 4.20. The number of anilines is 1. The number of ether oxygens (including phenoxy) is 1. The normalized spacial score (nSPS) is 14.8. The van der Waals surface area contributed by atoms with Crippen molar-refractivity contribution < 1.29 is 17.9 Å². The first-order valence-corrected chi connectivity index (χ1v) is 10.8. The fourth-order valence-corrected chi connectivity index (χ4v) is 5.07. The van der Waals surface area contributed by atoms with Crippen LogP contribution in [0.5, 0.6) is 0 Å². The van der Waals surface area contributed by atoms with E-state index < -0.39 is 10.0 Å². The van der Waals surface area contributed by atoms with E-state index in [0.29, 0.717) is 37.6 Å². The van der Waals surface area contributed by atoms with Crippen molar-refractivity contribution in [1.82, 2.24) is 4.90 Å². The summed E-state index contributed by atoms with van der Waals surface area (Å²) >= 11 is 0. The summed E-state index contributed by atoms with van der Waals surface area (Å²) < 4.78 is 33.8. The number of rotatable bonds is 5. The Hall–Kier alpha value is -2.38. The summed E-state index contributed by atoms with van der Waals surface area (Å²) in [7, 11) is -3.91. The van der Waals surface area contributed by atoms with E-state index in [1.54, 1.807) is 36.1 Å². The number of morpholine rings is 1. The number of sulfonamides is 1. The molecule has 2 aromatic rings. The van der Waals surface area contributed by atoms with Gasteiger partial charge < -0.3 is 9.64 Å². The monoisotopic (exact) mass is 402 g/mol. The third-order valence-corrected chi connectivity index (χ3v) is 6.84. The molecule has 0 radical (unpaired) electrons. The number of carbonyl (C=O) groups excluding carboxylic acids is 1. The molecule has 7 heteroatoms. The number of hydrogen-bond acceptors (Lipinski definition) is 4. The SMILES string of the molecule is Cc1ccc(C)c(S(=O)(=O)N(CC(=O)N2CCOCC2)c2ccccc2C)c1. The molecule has 28 heavy (non-hydrogen) atoms. The third-order valence-electron chi connectivity index (χ3n) is 4.94. The maximum atomic E-state index is 13.6. The lowest BCUT2D eigenvalue weighted by molar-refractivity contribution is -0.133. The van der Waals surface area contributed by atoms with Crippen LogP contribution in [0, 0.1) is 20.8 Å². The summed E-state index contributed by atoms with van der Waals surface area (Å²) in [4.78, 5) is 14.8. The quantitative estimate of drug-likeness (QED) is 0.771. The van der Waals surface area contributed by atoms with Gasteiger partial charge in [-0.15, -0.1) is 0 Å². The molecule has 0 spiro atoms. The number of aryl methyl sites for hydroxylation is 3. The predicted octanol–water partition coefficient (Wildman–Crippen LogP) is 2.67. The van der Waals surface area contributed by atoms with Crippen molar-refractivity contribution >= 4 is 21.6 Å². The second kappa shape index (κ2) is 8.32. The van der Waals surface area contributed by atoms with E-state index in [2.05, 4.69) is 0 Å². The topological polar surface area (TPSA) is 66.9 Å². The molecular weight excluding hydrogens is 376 g/mol. The van der Waals surface area contributed by atoms with Gasteiger partial charge in [-0.05, 0) is 49.6 Å². The highest BCUT2D eigenvalue weighted by atomic mass is 32.2. The van der Waals surface area contributed by atoms with Crippen LogP contribution in [-0.2, 0) is 19.6 Å². The lowest BCUT2D eigenvalue weighted by Crippen LogP contribution is -2.47. The molecule has 1 amide bonds. The van der Waals surface area contributed by atoms with Gasteiger partial charge in [0.15, 0.2) is 0 Å². The van der Waals surface area contributed by atoms with Gasteiger partial charge in [-0.25, -0.2) is 8.42 Å². The minimum Gasteiger partial charge on any atom is -0.378 e. The highest BCUT2D eigenvalue weighted by molar-refractivity contribution is 7.93. The Labute approximate surface area is 166 Å². The molecule has 1 heterocycles. The largest absolute Gasteiger partial charge is 0.378 e. The van der Waals surface area contributed by atoms with Crippen LogP contribution in [0.3, 0.4) is 0 Å². The molecule has 0 saturated carbocycles. The first-order valence-electron chi connectivity index (χ1n) is 9.32. The van der Waals surface area contributed by atoms with Crippen LogP contribution in [0.25, 0.3) is 0 Å². The summed E-state index contributed by atoms with van der Waals surface area (Å²) in [6, 6.07) is 12.6. The predicted molar refractivity (Wildman–Crippen MR) is 109 cm³/mol. The van der Waals surface area contributed by atoms with Crippen molar-refractivity contribution in [2.24, 2.45) is 0 Å². The summed E-state index contributed by atoms with van der Waals surface area (Å²) in [5.74, 6) is -0.222. The van der Waals surface area contributed by atoms with Crippen molar-refractivity contribution in [2.45, 2.75) is 25.7 Å². The second-order valence-corrected chi connectivity index (χ2v) is 8.89. The van der Waals surface area contributed by atoms with Gasteiger partial charge in [0.05, 0.1) is 23.8 Å². The Morgan fingerprint density at radius 2 is 1.71 bits per heavy atom. The number of para-hydroxylation sites is 1. The van der Waals surface area contributed by atoms with Crippen molar-refractivity contribution in [3.05, 3.63) is 59.2 Å². The van der Waals surface area contributed by atoms with E-state index in [0.717, 1.165) is 11.1 Å². The molecule has 0 atom stereocenters. The van der Waals surface area contributed by atoms with E-state index in [-0.39, 0.29) is 17.3 Å². The number of amides is 1. The zero-order chi connectivity index (χ0) is 20.3. The van der Waals surface area contributed by atoms with E-state index in [9.17, 15) is 13.2 Å². The van der Waals surface area contributed by atoms with Gasteiger partial charge in [0.1, 0.15) is 6.54 Å². The average Bonchev–Trinajstić information content (AvgIpc) is 2.69. The molecule has 150 valence electrons. The van der Waals surface area contributed by atoms with Crippen LogP contribution in [0.1, 0.15) is 16.7 Å². The number of hydrogen-bond donors (Lipinski definition) is 0. The molecule has 0 aliphatic carbocycles. The minimum atomic E-state index is -3.91. The maximum absolute atomic E-state index is 13.6. The van der Waals surface area contributed by atoms with E-state index in [1.165, 1.54) is 4.31 Å². The van der Waals surface area contributed by atoms with Crippen LogP contribution >= 0.6 is 0 Å². The van der Waals surface area contributed by atoms with Gasteiger partial charge >= 0.3 is 0 Å². The van der Waals surface area contributed by atoms with Crippen LogP contribution in [0.4, 0.5) is 5.69 Å². The van der Waals surface area contributed by atoms with Crippen LogP contribution < -0.4 is 4.31 Å². The first-order chi connectivity index (χ1) is 13.3. The van der Waals surface area contributed by atoms with Gasteiger partial charge in [-0.1, -0.05) is 30.3 Å². The fraction of sp³-hybridized carbons (Fsp3) is 0.381. The average molecular weight is 403 g/mol. The van der Waals surface area contributed by atoms with Crippen LogP contribution in [-0.4, -0.2) is 52.1 Å². The summed E-state index contributed by atoms with van der Waals surface area (Å²) in [5.41, 5.74) is 2.83. The molecule has 1 fully saturated rings. The highest BCUT2D eigenvalue weighted by Crippen LogP contribution is 2.29. The molecule has 1 saturated heterocycles. The van der Waals surface area contributed by atoms with Gasteiger partial charge in [0.2, 0.25) is 5.91 Å². The number of nitrogens with zero attached hydrogens (tertiary/aromatic N) is 2. The molecule has 2 aromatic carbocycles. The van der Waals surface area contributed by atoms with Gasteiger partial charge in [0, 0.05) is 13.1 Å². The standard InChI is InChI=1S/C21H26N2O4S/c1-16-8-9-18(3)20(14-16)28(25,26)23(19-7-5-4-6-17(19)2)15-21(24)22-10-12-27-13-11-22/h4-9,14H,10-13,15H2,1-3H3. The smallest absolute Gasteiger partial charge is 0.265 e. The Morgan fingerprint density at radius 1 is 1.04 bits per heavy atom. The highest BCUT2D eigenvalue weighted by Gasteiger charge is 2.31. The Kier molecular flexibility index (Phi) is 6.05. The van der Waals surface area contributed by atoms with Crippen LogP contribution in [0.2, 0.25) is 0 Å². The van der Waals surface area contributed by atoms with Crippen LogP contribution in [0.15, 0.2) is 47.4 Å². The lowest BCUT2D eigenvalue weighted by atomic mass is 10.2. The summed E-state index contributed by atoms with van der Waals surface area (Å²) in [5, 5.41) is 0. The molecule has 3 rings (SSSR count). The minimum absolute atomic E-state index is 0.222. The molecule has 1 aliphatic rings. The molecule has 0 aromatic heterocycles. The summed E-state index contributed by atoms with van der Waals surface area (Å²) in [6.45, 7) is 7.13. The first kappa shape index (κ1) is 20.4. The molecule has 6 nitrogen and oxygen atoms in total. The van der Waals surface area contributed by atoms with E-state index in [1.807, 2.05) is 32.0 Å². The number of carbonyl (C=O) groups is 1. The van der Waals surface area contributed by atoms with Gasteiger partial charge in [0.25, 0.3) is 10.0 Å². The Bertz CT molecular complexity index is 966. The van der Waals surface area contributed by atoms with Crippen molar-refractivity contribution in [1.29, 1.82) is 0 Å². The second-order valence-electron chi connectivity index (χ2n) is 7.06. The van der Waals surface area contributed by atoms with E-state index in [4.69, 9.17) is 4.74 Å². The molecule has 0 unspecified atom stereocenters. The lowest BCUT2D eigenvalue weighted by Gasteiger charge is -2.31. The molecular formula is C21H26N2O4S. The van der Waals surface area contributed by atoms with E-state index >= 15 is 0 Å². The molecule has 0 N–H and O–H groups in total. The molecule has 0 bridgehead atoms. The Morgan fingerprint density at radius 3 is 2.39 bits per heavy atom. The fourth-order valence-electron chi connectivity index (χ4n) is 3.28. The number of benzene rings is 2. The van der Waals surface area contributed by atoms with Crippen molar-refractivity contribution in [2.75, 3.05) is 37.2 Å². The zero-order valence-electron chi connectivity index (χ0n) is 16.5. The maximum Gasteiger partial charge on any atom is 0.265 e. The summed E-state index contributed by atoms with van der Waals surface area (Å²) in [6.07, 6.45) is 0. The Balaban J connectivity index is 2.04. The van der Waals surface area contributed by atoms with Gasteiger partial charge in [-0.2, -0.15) is 0 Å². The van der Waals surface area contributed by atoms with Crippen molar-refractivity contribution in [3.8, 4) is 0 Å².